The number of hydrogen-bond acceptors (Lipinski definition) is 5. The number of halogens is 2. The summed E-state index contributed by atoms with van der Waals surface area (Å²) in [5, 5.41) is 3.28. The second-order valence-corrected chi connectivity index (χ2v) is 9.93. The predicted molar refractivity (Wildman–Crippen MR) is 125 cm³/mol. The molecule has 0 bridgehead atoms. The standard InChI is InChI=1S/C25H25BrFN3O4/c26-18-3-6-21-17(13-18)7-10-25(21)23(32)30(24(33)34-25)15-22(31)29(20-8-11-28-12-9-20)14-16-1-4-19(27)5-2-16/h1-6,13,20,28H,7-12,14-15H2. The van der Waals surface area contributed by atoms with Crippen LogP contribution in [-0.4, -0.2) is 53.4 Å². The number of piperidine rings is 1. The van der Waals surface area contributed by atoms with Crippen molar-refractivity contribution in [2.45, 2.75) is 43.9 Å². The largest absolute Gasteiger partial charge is 0.427 e. The Morgan fingerprint density at radius 1 is 1.18 bits per heavy atom. The van der Waals surface area contributed by atoms with E-state index in [1.54, 1.807) is 23.1 Å². The summed E-state index contributed by atoms with van der Waals surface area (Å²) < 4.78 is 19.9. The van der Waals surface area contributed by atoms with Gasteiger partial charge in [-0.1, -0.05) is 34.1 Å². The molecule has 3 aliphatic rings. The molecule has 1 unspecified atom stereocenters. The number of nitrogens with one attached hydrogen (secondary N) is 1. The lowest BCUT2D eigenvalue weighted by Crippen LogP contribution is -2.50. The van der Waals surface area contributed by atoms with E-state index in [0.29, 0.717) is 18.4 Å². The van der Waals surface area contributed by atoms with E-state index < -0.39 is 17.6 Å². The maximum Gasteiger partial charge on any atom is 0.418 e. The van der Waals surface area contributed by atoms with Crippen LogP contribution in [-0.2, 0) is 32.9 Å². The Kier molecular flexibility index (Phi) is 6.16. The van der Waals surface area contributed by atoms with Crippen molar-refractivity contribution in [1.82, 2.24) is 15.1 Å². The molecule has 2 saturated heterocycles. The molecule has 0 saturated carbocycles. The molecule has 1 spiro atoms. The molecule has 2 fully saturated rings. The summed E-state index contributed by atoms with van der Waals surface area (Å²) in [6, 6.07) is 11.5. The molecule has 0 radical (unpaired) electrons. The van der Waals surface area contributed by atoms with Crippen molar-refractivity contribution in [3.05, 3.63) is 69.4 Å². The lowest BCUT2D eigenvalue weighted by molar-refractivity contribution is -0.143. The van der Waals surface area contributed by atoms with Crippen LogP contribution >= 0.6 is 15.9 Å². The molecular formula is C25H25BrFN3O4. The van der Waals surface area contributed by atoms with E-state index in [0.717, 1.165) is 46.4 Å². The van der Waals surface area contributed by atoms with Gasteiger partial charge in [-0.15, -0.1) is 0 Å². The molecule has 1 aliphatic carbocycles. The lowest BCUT2D eigenvalue weighted by atomic mass is 9.95. The minimum absolute atomic E-state index is 0.0361. The normalized spacial score (nSPS) is 22.2. The number of benzene rings is 2. The first-order chi connectivity index (χ1) is 16.4. The number of ether oxygens (including phenoxy) is 1. The Bertz CT molecular complexity index is 1140. The van der Waals surface area contributed by atoms with Crippen LogP contribution in [0.4, 0.5) is 9.18 Å². The molecule has 2 aromatic carbocycles. The zero-order valence-electron chi connectivity index (χ0n) is 18.6. The van der Waals surface area contributed by atoms with Gasteiger partial charge in [0.15, 0.2) is 0 Å². The van der Waals surface area contributed by atoms with Crippen LogP contribution in [0.15, 0.2) is 46.9 Å². The van der Waals surface area contributed by atoms with Crippen molar-refractivity contribution in [2.24, 2.45) is 0 Å². The number of aryl methyl sites for hydroxylation is 1. The van der Waals surface area contributed by atoms with E-state index >= 15 is 0 Å². The van der Waals surface area contributed by atoms with Gasteiger partial charge >= 0.3 is 6.09 Å². The van der Waals surface area contributed by atoms with E-state index in [9.17, 15) is 18.8 Å². The van der Waals surface area contributed by atoms with E-state index in [1.165, 1.54) is 12.1 Å². The van der Waals surface area contributed by atoms with E-state index in [2.05, 4.69) is 21.2 Å². The fourth-order valence-corrected chi connectivity index (χ4v) is 5.58. The summed E-state index contributed by atoms with van der Waals surface area (Å²) in [6.07, 6.45) is 1.71. The average Bonchev–Trinajstić information content (AvgIpc) is 3.31. The number of carbonyl (C=O) groups is 3. The summed E-state index contributed by atoms with van der Waals surface area (Å²) in [5.41, 5.74) is 1.07. The number of amides is 3. The highest BCUT2D eigenvalue weighted by atomic mass is 79.9. The summed E-state index contributed by atoms with van der Waals surface area (Å²) >= 11 is 3.44. The van der Waals surface area contributed by atoms with Crippen molar-refractivity contribution >= 4 is 33.8 Å². The fourth-order valence-electron chi connectivity index (χ4n) is 5.17. The maximum atomic E-state index is 13.5. The Hall–Kier alpha value is -2.78. The third-order valence-electron chi connectivity index (χ3n) is 6.95. The van der Waals surface area contributed by atoms with Gasteiger partial charge in [-0.3, -0.25) is 9.59 Å². The molecule has 0 aromatic heterocycles. The number of nitrogens with zero attached hydrogens (tertiary/aromatic N) is 2. The molecule has 5 rings (SSSR count). The van der Waals surface area contributed by atoms with Crippen LogP contribution in [0, 0.1) is 5.82 Å². The van der Waals surface area contributed by atoms with Crippen LogP contribution in [0.5, 0.6) is 0 Å². The summed E-state index contributed by atoms with van der Waals surface area (Å²) in [6.45, 7) is 1.45. The van der Waals surface area contributed by atoms with Gasteiger partial charge in [0.2, 0.25) is 11.5 Å². The van der Waals surface area contributed by atoms with Gasteiger partial charge in [0.1, 0.15) is 12.4 Å². The molecule has 1 atom stereocenters. The maximum absolute atomic E-state index is 13.5. The molecule has 34 heavy (non-hydrogen) atoms. The highest BCUT2D eigenvalue weighted by molar-refractivity contribution is 9.10. The van der Waals surface area contributed by atoms with Gasteiger partial charge in [-0.25, -0.2) is 14.1 Å². The quantitative estimate of drug-likeness (QED) is 0.641. The zero-order valence-corrected chi connectivity index (χ0v) is 20.1. The van der Waals surface area contributed by atoms with Crippen molar-refractivity contribution in [2.75, 3.05) is 19.6 Å². The van der Waals surface area contributed by atoms with E-state index in [-0.39, 0.29) is 30.9 Å². The topological polar surface area (TPSA) is 79.0 Å². The van der Waals surface area contributed by atoms with Gasteiger partial charge in [0.25, 0.3) is 5.91 Å². The van der Waals surface area contributed by atoms with Crippen LogP contribution < -0.4 is 5.32 Å². The highest BCUT2D eigenvalue weighted by Gasteiger charge is 2.58. The SMILES string of the molecule is O=C1OC2(CCc3cc(Br)ccc32)C(=O)N1CC(=O)N(Cc1ccc(F)cc1)C1CCNCC1. The third-order valence-corrected chi connectivity index (χ3v) is 7.44. The highest BCUT2D eigenvalue weighted by Crippen LogP contribution is 2.46. The predicted octanol–water partition coefficient (Wildman–Crippen LogP) is 3.49. The molecule has 2 aliphatic heterocycles. The Morgan fingerprint density at radius 2 is 1.91 bits per heavy atom. The Balaban J connectivity index is 1.37. The Morgan fingerprint density at radius 3 is 2.65 bits per heavy atom. The molecule has 2 aromatic rings. The average molecular weight is 530 g/mol. The molecule has 7 nitrogen and oxygen atoms in total. The van der Waals surface area contributed by atoms with Crippen LogP contribution in [0.25, 0.3) is 0 Å². The smallest absolute Gasteiger partial charge is 0.418 e. The minimum atomic E-state index is -1.36. The molecule has 1 N–H and O–H groups in total. The first-order valence-electron chi connectivity index (χ1n) is 11.5. The van der Waals surface area contributed by atoms with Crippen LogP contribution in [0.1, 0.15) is 36.0 Å². The van der Waals surface area contributed by atoms with Gasteiger partial charge in [-0.05, 0) is 67.7 Å². The molecular weight excluding hydrogens is 505 g/mol. The van der Waals surface area contributed by atoms with Crippen molar-refractivity contribution in [3.8, 4) is 0 Å². The van der Waals surface area contributed by atoms with E-state index in [4.69, 9.17) is 4.74 Å². The summed E-state index contributed by atoms with van der Waals surface area (Å²) in [4.78, 5) is 42.4. The second-order valence-electron chi connectivity index (χ2n) is 9.02. The first-order valence-corrected chi connectivity index (χ1v) is 12.3. The summed E-state index contributed by atoms with van der Waals surface area (Å²) in [5.74, 6) is -1.16. The molecule has 178 valence electrons. The van der Waals surface area contributed by atoms with Crippen molar-refractivity contribution < 1.29 is 23.5 Å². The molecule has 9 heteroatoms. The number of imide groups is 1. The zero-order chi connectivity index (χ0) is 23.9. The van der Waals surface area contributed by atoms with Gasteiger partial charge in [0.05, 0.1) is 0 Å². The number of rotatable bonds is 5. The van der Waals surface area contributed by atoms with Crippen LogP contribution in [0.3, 0.4) is 0 Å². The number of hydrogen-bond donors (Lipinski definition) is 1. The molecule has 2 heterocycles. The minimum Gasteiger partial charge on any atom is -0.427 e. The van der Waals surface area contributed by atoms with Gasteiger partial charge in [0, 0.05) is 29.0 Å². The van der Waals surface area contributed by atoms with Crippen LogP contribution in [0.2, 0.25) is 0 Å². The number of fused-ring (bicyclic) bond motifs is 2. The third kappa shape index (κ3) is 4.11. The van der Waals surface area contributed by atoms with Gasteiger partial charge in [-0.2, -0.15) is 0 Å². The van der Waals surface area contributed by atoms with E-state index in [1.807, 2.05) is 12.1 Å². The van der Waals surface area contributed by atoms with Crippen molar-refractivity contribution in [1.29, 1.82) is 0 Å². The first kappa shape index (κ1) is 23.0. The Labute approximate surface area is 205 Å². The lowest BCUT2D eigenvalue weighted by Gasteiger charge is -2.35. The molecule has 3 amide bonds. The number of carbonyl (C=O) groups excluding carboxylic acids is 3. The fraction of sp³-hybridized carbons (Fsp3) is 0.400. The monoisotopic (exact) mass is 529 g/mol. The summed E-state index contributed by atoms with van der Waals surface area (Å²) in [7, 11) is 0. The second kappa shape index (κ2) is 9.11. The van der Waals surface area contributed by atoms with Crippen molar-refractivity contribution in [3.63, 3.8) is 0 Å². The van der Waals surface area contributed by atoms with Gasteiger partial charge < -0.3 is 15.0 Å².